The van der Waals surface area contributed by atoms with Crippen molar-refractivity contribution in [1.29, 1.82) is 0 Å². The molecule has 0 aliphatic carbocycles. The minimum Gasteiger partial charge on any atom is -0.377 e. The lowest BCUT2D eigenvalue weighted by Gasteiger charge is -2.32. The van der Waals surface area contributed by atoms with E-state index in [1.54, 1.807) is 11.8 Å². The largest absolute Gasteiger partial charge is 0.377 e. The summed E-state index contributed by atoms with van der Waals surface area (Å²) in [7, 11) is 2.08. The Hall–Kier alpha value is -2.35. The molecule has 0 radical (unpaired) electrons. The van der Waals surface area contributed by atoms with Crippen molar-refractivity contribution in [2.45, 2.75) is 30.4 Å². The van der Waals surface area contributed by atoms with Crippen LogP contribution >= 0.6 is 11.8 Å². The van der Waals surface area contributed by atoms with Gasteiger partial charge in [-0.15, -0.1) is 11.8 Å². The van der Waals surface area contributed by atoms with Crippen LogP contribution in [0, 0.1) is 0 Å². The van der Waals surface area contributed by atoms with Crippen LogP contribution in [0.3, 0.4) is 0 Å². The first-order chi connectivity index (χ1) is 15.6. The number of nitrogens with zero attached hydrogens (tertiary/aromatic N) is 2. The summed E-state index contributed by atoms with van der Waals surface area (Å²) in [6.07, 6.45) is 2.49. The number of carbonyl (C=O) groups is 2. The van der Waals surface area contributed by atoms with Crippen LogP contribution in [0.25, 0.3) is 0 Å². The first-order valence-electron chi connectivity index (χ1n) is 11.3. The molecular weight excluding hydrogens is 422 g/mol. The summed E-state index contributed by atoms with van der Waals surface area (Å²) < 4.78 is 5.70. The fourth-order valence-electron chi connectivity index (χ4n) is 3.97. The molecule has 2 fully saturated rings. The van der Waals surface area contributed by atoms with E-state index >= 15 is 0 Å². The SMILES string of the molecule is CN1CCN(C(=O)c2ccc(CNC(=O)c3ccccc3SCC3CCCO3)cc2)CC1. The Bertz CT molecular complexity index is 920. The molecule has 1 N–H and O–H groups in total. The van der Waals surface area contributed by atoms with E-state index in [-0.39, 0.29) is 17.9 Å². The number of likely N-dealkylation sites (N-methyl/N-ethyl adjacent to an activating group) is 1. The molecule has 2 aromatic carbocycles. The molecule has 2 aromatic rings. The fraction of sp³-hybridized carbons (Fsp3) is 0.440. The lowest BCUT2D eigenvalue weighted by molar-refractivity contribution is 0.0664. The Balaban J connectivity index is 1.31. The minimum absolute atomic E-state index is 0.0749. The third kappa shape index (κ3) is 5.91. The van der Waals surface area contributed by atoms with Crippen molar-refractivity contribution in [2.24, 2.45) is 0 Å². The molecule has 2 saturated heterocycles. The topological polar surface area (TPSA) is 61.9 Å². The first kappa shape index (κ1) is 22.8. The third-order valence-electron chi connectivity index (χ3n) is 6.02. The molecular formula is C25H31N3O3S. The second kappa shape index (κ2) is 11.0. The van der Waals surface area contributed by atoms with Gasteiger partial charge >= 0.3 is 0 Å². The van der Waals surface area contributed by atoms with E-state index in [0.717, 1.165) is 61.8 Å². The number of benzene rings is 2. The number of ether oxygens (including phenoxy) is 1. The van der Waals surface area contributed by atoms with E-state index < -0.39 is 0 Å². The van der Waals surface area contributed by atoms with Crippen LogP contribution in [0.5, 0.6) is 0 Å². The molecule has 1 unspecified atom stereocenters. The van der Waals surface area contributed by atoms with Crippen molar-refractivity contribution in [3.63, 3.8) is 0 Å². The molecule has 4 rings (SSSR count). The Morgan fingerprint density at radius 1 is 1.06 bits per heavy atom. The predicted octanol–water partition coefficient (Wildman–Crippen LogP) is 3.28. The number of thioether (sulfide) groups is 1. The highest BCUT2D eigenvalue weighted by atomic mass is 32.2. The molecule has 2 heterocycles. The lowest BCUT2D eigenvalue weighted by Crippen LogP contribution is -2.47. The van der Waals surface area contributed by atoms with Gasteiger partial charge in [-0.05, 0) is 49.7 Å². The van der Waals surface area contributed by atoms with Gasteiger partial charge in [-0.1, -0.05) is 24.3 Å². The van der Waals surface area contributed by atoms with Gasteiger partial charge < -0.3 is 19.9 Å². The number of hydrogen-bond donors (Lipinski definition) is 1. The average molecular weight is 454 g/mol. The van der Waals surface area contributed by atoms with Crippen molar-refractivity contribution in [1.82, 2.24) is 15.1 Å². The zero-order valence-electron chi connectivity index (χ0n) is 18.6. The zero-order chi connectivity index (χ0) is 22.3. The van der Waals surface area contributed by atoms with Gasteiger partial charge in [-0.2, -0.15) is 0 Å². The number of carbonyl (C=O) groups excluding carboxylic acids is 2. The number of piperazine rings is 1. The molecule has 6 nitrogen and oxygen atoms in total. The van der Waals surface area contributed by atoms with E-state index in [9.17, 15) is 9.59 Å². The molecule has 0 aromatic heterocycles. The third-order valence-corrected chi connectivity index (χ3v) is 7.23. The maximum absolute atomic E-state index is 12.8. The molecule has 32 heavy (non-hydrogen) atoms. The van der Waals surface area contributed by atoms with Crippen molar-refractivity contribution in [3.05, 3.63) is 65.2 Å². The van der Waals surface area contributed by atoms with Crippen LogP contribution in [0.1, 0.15) is 39.1 Å². The monoisotopic (exact) mass is 453 g/mol. The van der Waals surface area contributed by atoms with Crippen LogP contribution in [0.2, 0.25) is 0 Å². The Morgan fingerprint density at radius 2 is 1.81 bits per heavy atom. The standard InChI is InChI=1S/C25H31N3O3S/c1-27-12-14-28(15-13-27)25(30)20-10-8-19(9-11-20)17-26-24(29)22-6-2-3-7-23(22)32-18-21-5-4-16-31-21/h2-3,6-11,21H,4-5,12-18H2,1H3,(H,26,29). The van der Waals surface area contributed by atoms with Crippen LogP contribution in [-0.2, 0) is 11.3 Å². The Kier molecular flexibility index (Phi) is 7.84. The average Bonchev–Trinajstić information content (AvgIpc) is 3.35. The second-order valence-corrected chi connectivity index (χ2v) is 9.48. The van der Waals surface area contributed by atoms with E-state index in [1.165, 1.54) is 0 Å². The maximum atomic E-state index is 12.8. The summed E-state index contributed by atoms with van der Waals surface area (Å²) in [5.74, 6) is 0.858. The van der Waals surface area contributed by atoms with Gasteiger partial charge in [0.15, 0.2) is 0 Å². The Morgan fingerprint density at radius 3 is 2.53 bits per heavy atom. The van der Waals surface area contributed by atoms with Gasteiger partial charge in [0.25, 0.3) is 11.8 Å². The van der Waals surface area contributed by atoms with Gasteiger partial charge in [0.05, 0.1) is 11.7 Å². The van der Waals surface area contributed by atoms with Gasteiger partial charge in [-0.25, -0.2) is 0 Å². The van der Waals surface area contributed by atoms with Gasteiger partial charge in [0.1, 0.15) is 0 Å². The fourth-order valence-corrected chi connectivity index (χ4v) is 5.09. The molecule has 170 valence electrons. The molecule has 2 aliphatic heterocycles. The van der Waals surface area contributed by atoms with Crippen molar-refractivity contribution < 1.29 is 14.3 Å². The van der Waals surface area contributed by atoms with Gasteiger partial charge in [-0.3, -0.25) is 9.59 Å². The van der Waals surface area contributed by atoms with Crippen molar-refractivity contribution in [2.75, 3.05) is 45.6 Å². The first-order valence-corrected chi connectivity index (χ1v) is 12.3. The molecule has 2 amide bonds. The minimum atomic E-state index is -0.0852. The molecule has 7 heteroatoms. The summed E-state index contributed by atoms with van der Waals surface area (Å²) in [4.78, 5) is 30.6. The van der Waals surface area contributed by atoms with Crippen molar-refractivity contribution >= 4 is 23.6 Å². The summed E-state index contributed by atoms with van der Waals surface area (Å²) in [5.41, 5.74) is 2.36. The van der Waals surface area contributed by atoms with Gasteiger partial charge in [0.2, 0.25) is 0 Å². The van der Waals surface area contributed by atoms with Crippen molar-refractivity contribution in [3.8, 4) is 0 Å². The molecule has 0 spiro atoms. The highest BCUT2D eigenvalue weighted by molar-refractivity contribution is 7.99. The Labute approximate surface area is 194 Å². The van der Waals surface area contributed by atoms with E-state index in [1.807, 2.05) is 53.4 Å². The van der Waals surface area contributed by atoms with Crippen LogP contribution in [-0.4, -0.2) is 73.3 Å². The van der Waals surface area contributed by atoms with Gasteiger partial charge in [0, 0.05) is 55.5 Å². The number of rotatable bonds is 7. The van der Waals surface area contributed by atoms with E-state index in [2.05, 4.69) is 17.3 Å². The summed E-state index contributed by atoms with van der Waals surface area (Å²) in [6.45, 7) is 4.60. The maximum Gasteiger partial charge on any atom is 0.253 e. The molecule has 1 atom stereocenters. The quantitative estimate of drug-likeness (QED) is 0.652. The number of nitrogens with one attached hydrogen (secondary N) is 1. The number of hydrogen-bond acceptors (Lipinski definition) is 5. The highest BCUT2D eigenvalue weighted by Gasteiger charge is 2.20. The normalized spacial score (nSPS) is 19.2. The predicted molar refractivity (Wildman–Crippen MR) is 127 cm³/mol. The summed E-state index contributed by atoms with van der Waals surface area (Å²) >= 11 is 1.68. The summed E-state index contributed by atoms with van der Waals surface area (Å²) in [5, 5.41) is 3.02. The summed E-state index contributed by atoms with van der Waals surface area (Å²) in [6, 6.07) is 15.3. The highest BCUT2D eigenvalue weighted by Crippen LogP contribution is 2.26. The molecule has 2 aliphatic rings. The lowest BCUT2D eigenvalue weighted by atomic mass is 10.1. The van der Waals surface area contributed by atoms with E-state index in [4.69, 9.17) is 4.74 Å². The van der Waals surface area contributed by atoms with E-state index in [0.29, 0.717) is 17.7 Å². The zero-order valence-corrected chi connectivity index (χ0v) is 19.4. The smallest absolute Gasteiger partial charge is 0.253 e. The van der Waals surface area contributed by atoms with Crippen LogP contribution < -0.4 is 5.32 Å². The second-order valence-electron chi connectivity index (χ2n) is 8.42. The molecule has 0 saturated carbocycles. The molecule has 0 bridgehead atoms. The van der Waals surface area contributed by atoms with Crippen LogP contribution in [0.4, 0.5) is 0 Å². The van der Waals surface area contributed by atoms with Crippen LogP contribution in [0.15, 0.2) is 53.4 Å². The number of amides is 2.